The van der Waals surface area contributed by atoms with Gasteiger partial charge in [-0.1, -0.05) is 6.92 Å². The molecule has 0 aromatic carbocycles. The van der Waals surface area contributed by atoms with Gasteiger partial charge in [-0.15, -0.1) is 0 Å². The molecule has 0 fully saturated rings. The second kappa shape index (κ2) is 4.50. The Hall–Kier alpha value is -1.72. The smallest absolute Gasteiger partial charge is 0.279 e. The van der Waals surface area contributed by atoms with Crippen LogP contribution in [0.1, 0.15) is 19.8 Å². The summed E-state index contributed by atoms with van der Waals surface area (Å²) in [7, 11) is 0. The van der Waals surface area contributed by atoms with Gasteiger partial charge < -0.3 is 10.6 Å². The molecular weight excluding hydrogens is 186 g/mol. The normalized spacial score (nSPS) is 20.5. The maximum absolute atomic E-state index is 11.1. The summed E-state index contributed by atoms with van der Waals surface area (Å²) in [5.74, 6) is -1.51. The van der Waals surface area contributed by atoms with Crippen molar-refractivity contribution in [1.82, 2.24) is 10.6 Å². The number of hydrogen-bond donors (Lipinski definition) is 2. The molecule has 0 saturated carbocycles. The van der Waals surface area contributed by atoms with Gasteiger partial charge in [0.25, 0.3) is 11.8 Å². The monoisotopic (exact) mass is 197 g/mol. The molecule has 0 aliphatic carbocycles. The summed E-state index contributed by atoms with van der Waals surface area (Å²) in [6.45, 7) is 1.83. The van der Waals surface area contributed by atoms with E-state index in [1.165, 1.54) is 0 Å². The number of hydrogen-bond acceptors (Lipinski definition) is 3. The number of nitrogens with zero attached hydrogens (tertiary/aromatic N) is 1. The van der Waals surface area contributed by atoms with Gasteiger partial charge in [0.2, 0.25) is 5.91 Å². The van der Waals surface area contributed by atoms with E-state index >= 15 is 0 Å². The molecule has 1 atom stereocenters. The van der Waals surface area contributed by atoms with Crippen LogP contribution in [0.15, 0.2) is 4.99 Å². The van der Waals surface area contributed by atoms with Crippen molar-refractivity contribution >= 4 is 24.1 Å². The average Bonchev–Trinajstić information content (AvgIpc) is 2.12. The van der Waals surface area contributed by atoms with Crippen molar-refractivity contribution in [2.75, 3.05) is 0 Å². The van der Waals surface area contributed by atoms with Crippen molar-refractivity contribution in [3.8, 4) is 0 Å². The molecule has 6 heteroatoms. The minimum absolute atomic E-state index is 0.292. The van der Waals surface area contributed by atoms with E-state index in [0.29, 0.717) is 12.8 Å². The minimum atomic E-state index is -1.17. The molecule has 76 valence electrons. The zero-order valence-corrected chi connectivity index (χ0v) is 7.74. The summed E-state index contributed by atoms with van der Waals surface area (Å²) in [6.07, 6.45) is 1.98. The second-order valence-corrected chi connectivity index (χ2v) is 2.86. The van der Waals surface area contributed by atoms with E-state index in [0.717, 1.165) is 6.34 Å². The first kappa shape index (κ1) is 10.4. The van der Waals surface area contributed by atoms with Gasteiger partial charge >= 0.3 is 0 Å². The Morgan fingerprint density at radius 1 is 1.64 bits per heavy atom. The van der Waals surface area contributed by atoms with E-state index in [1.807, 2.05) is 6.92 Å². The quantitative estimate of drug-likeness (QED) is 0.566. The van der Waals surface area contributed by atoms with Crippen LogP contribution in [0, 0.1) is 0 Å². The van der Waals surface area contributed by atoms with Crippen molar-refractivity contribution in [3.05, 3.63) is 0 Å². The van der Waals surface area contributed by atoms with Crippen LogP contribution >= 0.6 is 0 Å². The lowest BCUT2D eigenvalue weighted by Crippen LogP contribution is -2.53. The van der Waals surface area contributed by atoms with Crippen LogP contribution in [0.25, 0.3) is 0 Å². The number of rotatable bonds is 3. The zero-order valence-electron chi connectivity index (χ0n) is 7.74. The number of carbonyl (C=O) groups excluding carboxylic acids is 3. The molecule has 1 aliphatic heterocycles. The Bertz CT molecular complexity index is 298. The molecule has 0 bridgehead atoms. The number of carbonyl (C=O) groups is 3. The van der Waals surface area contributed by atoms with E-state index in [9.17, 15) is 14.4 Å². The fourth-order valence-corrected chi connectivity index (χ4v) is 1.02. The fourth-order valence-electron chi connectivity index (χ4n) is 1.02. The summed E-state index contributed by atoms with van der Waals surface area (Å²) in [5, 5.41) is 4.55. The largest absolute Gasteiger partial charge is 0.336 e. The third-order valence-electron chi connectivity index (χ3n) is 1.69. The Morgan fingerprint density at radius 2 is 2.36 bits per heavy atom. The van der Waals surface area contributed by atoms with Gasteiger partial charge in [0.1, 0.15) is 0 Å². The Kier molecular flexibility index (Phi) is 3.33. The third kappa shape index (κ3) is 2.38. The molecule has 1 unspecified atom stereocenters. The number of nitrogens with one attached hydrogen (secondary N) is 2. The van der Waals surface area contributed by atoms with Crippen LogP contribution in [-0.2, 0) is 14.4 Å². The van der Waals surface area contributed by atoms with E-state index in [-0.39, 0.29) is 5.91 Å². The molecule has 0 aromatic heterocycles. The number of aliphatic imine (C=N–C) groups is 1. The van der Waals surface area contributed by atoms with Crippen LogP contribution in [0.5, 0.6) is 0 Å². The number of amides is 3. The van der Waals surface area contributed by atoms with E-state index < -0.39 is 17.9 Å². The first-order chi connectivity index (χ1) is 6.65. The molecule has 3 amide bonds. The minimum Gasteiger partial charge on any atom is -0.336 e. The Balaban J connectivity index is 2.58. The zero-order chi connectivity index (χ0) is 10.6. The fraction of sp³-hybridized carbons (Fsp3) is 0.500. The van der Waals surface area contributed by atoms with Gasteiger partial charge in [0.05, 0.1) is 6.34 Å². The molecular formula is C8H11N3O3. The predicted molar refractivity (Wildman–Crippen MR) is 48.5 cm³/mol. The van der Waals surface area contributed by atoms with Gasteiger partial charge in [-0.2, -0.15) is 0 Å². The first-order valence-electron chi connectivity index (χ1n) is 4.31. The lowest BCUT2D eigenvalue weighted by Gasteiger charge is -2.16. The molecule has 1 heterocycles. The highest BCUT2D eigenvalue weighted by molar-refractivity contribution is 6.15. The highest BCUT2D eigenvalue weighted by atomic mass is 16.2. The molecule has 0 saturated heterocycles. The maximum Gasteiger partial charge on any atom is 0.279 e. The van der Waals surface area contributed by atoms with Crippen LogP contribution in [0.4, 0.5) is 0 Å². The van der Waals surface area contributed by atoms with Crippen molar-refractivity contribution in [2.45, 2.75) is 25.8 Å². The van der Waals surface area contributed by atoms with Crippen molar-refractivity contribution < 1.29 is 14.4 Å². The predicted octanol–water partition coefficient (Wildman–Crippen LogP) is -1.04. The lowest BCUT2D eigenvalue weighted by atomic mass is 10.2. The van der Waals surface area contributed by atoms with Gasteiger partial charge in [-0.25, -0.2) is 4.99 Å². The van der Waals surface area contributed by atoms with Crippen molar-refractivity contribution in [2.24, 2.45) is 4.99 Å². The van der Waals surface area contributed by atoms with Crippen LogP contribution < -0.4 is 10.6 Å². The molecule has 0 radical (unpaired) electrons. The van der Waals surface area contributed by atoms with E-state index in [1.54, 1.807) is 0 Å². The van der Waals surface area contributed by atoms with Crippen molar-refractivity contribution in [1.29, 1.82) is 0 Å². The average molecular weight is 197 g/mol. The van der Waals surface area contributed by atoms with Gasteiger partial charge in [-0.05, 0) is 6.42 Å². The summed E-state index contributed by atoms with van der Waals surface area (Å²) in [4.78, 5) is 36.6. The topological polar surface area (TPSA) is 87.6 Å². The molecule has 1 aliphatic rings. The van der Waals surface area contributed by atoms with Gasteiger partial charge in [0.15, 0.2) is 6.04 Å². The molecule has 0 spiro atoms. The maximum atomic E-state index is 11.1. The highest BCUT2D eigenvalue weighted by Gasteiger charge is 2.29. The molecule has 0 aromatic rings. The summed E-state index contributed by atoms with van der Waals surface area (Å²) < 4.78 is 0. The van der Waals surface area contributed by atoms with Crippen LogP contribution in [0.3, 0.4) is 0 Å². The van der Waals surface area contributed by atoms with E-state index in [2.05, 4.69) is 15.6 Å². The van der Waals surface area contributed by atoms with Crippen LogP contribution in [-0.4, -0.2) is 30.1 Å². The SMILES string of the molecule is CCCC(=O)NC1C(=O)N=CNC1=O. The third-order valence-corrected chi connectivity index (χ3v) is 1.69. The molecule has 14 heavy (non-hydrogen) atoms. The summed E-state index contributed by atoms with van der Waals surface area (Å²) in [5.41, 5.74) is 0. The Labute approximate surface area is 80.8 Å². The van der Waals surface area contributed by atoms with Gasteiger partial charge in [0, 0.05) is 6.42 Å². The molecule has 2 N–H and O–H groups in total. The second-order valence-electron chi connectivity index (χ2n) is 2.86. The van der Waals surface area contributed by atoms with Crippen LogP contribution in [0.2, 0.25) is 0 Å². The van der Waals surface area contributed by atoms with Crippen molar-refractivity contribution in [3.63, 3.8) is 0 Å². The summed E-state index contributed by atoms with van der Waals surface area (Å²) in [6, 6.07) is -1.17. The molecule has 1 rings (SSSR count). The Morgan fingerprint density at radius 3 is 2.93 bits per heavy atom. The lowest BCUT2D eigenvalue weighted by molar-refractivity contribution is -0.135. The molecule has 6 nitrogen and oxygen atoms in total. The standard InChI is InChI=1S/C8H11N3O3/c1-2-3-5(12)11-6-7(13)9-4-10-8(6)14/h4,6H,2-3H2,1H3,(H,11,12)(H,9,10,13,14). The van der Waals surface area contributed by atoms with E-state index in [4.69, 9.17) is 0 Å². The first-order valence-corrected chi connectivity index (χ1v) is 4.31. The van der Waals surface area contributed by atoms with Gasteiger partial charge in [-0.3, -0.25) is 14.4 Å². The highest BCUT2D eigenvalue weighted by Crippen LogP contribution is 1.95. The summed E-state index contributed by atoms with van der Waals surface area (Å²) >= 11 is 0.